The molecule has 0 aliphatic heterocycles. The highest BCUT2D eigenvalue weighted by molar-refractivity contribution is 9.10. The van der Waals surface area contributed by atoms with E-state index >= 15 is 0 Å². The number of ether oxygens (including phenoxy) is 1. The summed E-state index contributed by atoms with van der Waals surface area (Å²) >= 11 is 3.25. The minimum absolute atomic E-state index is 0.122. The first-order valence-corrected chi connectivity index (χ1v) is 6.83. The second-order valence-electron chi connectivity index (χ2n) is 3.87. The Hall–Kier alpha value is -1.17. The Morgan fingerprint density at radius 2 is 2.17 bits per heavy atom. The zero-order valence-corrected chi connectivity index (χ0v) is 12.2. The fraction of sp³-hybridized carbons (Fsp3) is 0.583. The number of hydrogen-bond acceptors (Lipinski definition) is 4. The highest BCUT2D eigenvalue weighted by Gasteiger charge is 2.22. The van der Waals surface area contributed by atoms with Crippen LogP contribution in [0.15, 0.2) is 4.73 Å². The van der Waals surface area contributed by atoms with Gasteiger partial charge in [-0.2, -0.15) is 0 Å². The molecule has 0 saturated heterocycles. The normalized spacial score (nSPS) is 10.4. The number of aldehydes is 1. The molecule has 0 radical (unpaired) electrons. The SMILES string of the molecule is CCCCOC(=O)c1c(C=O)nc(Br)n1CCC. The van der Waals surface area contributed by atoms with Crippen LogP contribution in [0, 0.1) is 0 Å². The molecule has 100 valence electrons. The second kappa shape index (κ2) is 7.31. The Bertz CT molecular complexity index is 429. The van der Waals surface area contributed by atoms with Crippen molar-refractivity contribution in [3.63, 3.8) is 0 Å². The number of esters is 1. The van der Waals surface area contributed by atoms with Crippen molar-refractivity contribution >= 4 is 28.2 Å². The summed E-state index contributed by atoms with van der Waals surface area (Å²) in [6.45, 7) is 4.98. The molecule has 0 bridgehead atoms. The van der Waals surface area contributed by atoms with Gasteiger partial charge in [-0.1, -0.05) is 20.3 Å². The lowest BCUT2D eigenvalue weighted by Crippen LogP contribution is -2.15. The Morgan fingerprint density at radius 3 is 2.72 bits per heavy atom. The lowest BCUT2D eigenvalue weighted by Gasteiger charge is -2.08. The van der Waals surface area contributed by atoms with Crippen LogP contribution in [-0.4, -0.2) is 28.4 Å². The van der Waals surface area contributed by atoms with Crippen molar-refractivity contribution in [3.8, 4) is 0 Å². The highest BCUT2D eigenvalue weighted by Crippen LogP contribution is 2.18. The molecule has 0 atom stereocenters. The molecule has 1 rings (SSSR count). The predicted octanol–water partition coefficient (Wildman–Crippen LogP) is 2.83. The molecule has 0 N–H and O–H groups in total. The van der Waals surface area contributed by atoms with Crippen LogP contribution in [0.25, 0.3) is 0 Å². The van der Waals surface area contributed by atoms with Gasteiger partial charge in [0.1, 0.15) is 5.69 Å². The Balaban J connectivity index is 2.96. The molecule has 0 amide bonds. The van der Waals surface area contributed by atoms with Gasteiger partial charge in [-0.15, -0.1) is 0 Å². The number of unbranched alkanes of at least 4 members (excludes halogenated alkanes) is 1. The van der Waals surface area contributed by atoms with Crippen LogP contribution in [-0.2, 0) is 11.3 Å². The van der Waals surface area contributed by atoms with Crippen LogP contribution >= 0.6 is 15.9 Å². The van der Waals surface area contributed by atoms with Crippen molar-refractivity contribution < 1.29 is 14.3 Å². The molecule has 5 nitrogen and oxygen atoms in total. The molecular weight excluding hydrogens is 300 g/mol. The number of rotatable bonds is 7. The molecule has 0 saturated carbocycles. The van der Waals surface area contributed by atoms with Gasteiger partial charge in [-0.3, -0.25) is 4.79 Å². The average molecular weight is 317 g/mol. The first kappa shape index (κ1) is 14.9. The van der Waals surface area contributed by atoms with Gasteiger partial charge >= 0.3 is 5.97 Å². The molecule has 1 aromatic heterocycles. The van der Waals surface area contributed by atoms with Crippen LogP contribution in [0.5, 0.6) is 0 Å². The van der Waals surface area contributed by atoms with Crippen molar-refractivity contribution in [2.45, 2.75) is 39.7 Å². The van der Waals surface area contributed by atoms with Gasteiger partial charge < -0.3 is 9.30 Å². The lowest BCUT2D eigenvalue weighted by molar-refractivity contribution is 0.0484. The molecule has 6 heteroatoms. The van der Waals surface area contributed by atoms with E-state index in [0.717, 1.165) is 19.3 Å². The molecule has 0 unspecified atom stereocenters. The Labute approximate surface area is 115 Å². The second-order valence-corrected chi connectivity index (χ2v) is 4.58. The quantitative estimate of drug-likeness (QED) is 0.441. The van der Waals surface area contributed by atoms with Gasteiger partial charge in [0, 0.05) is 6.54 Å². The molecule has 1 aromatic rings. The van der Waals surface area contributed by atoms with E-state index in [-0.39, 0.29) is 11.4 Å². The number of aromatic nitrogens is 2. The van der Waals surface area contributed by atoms with Crippen molar-refractivity contribution in [2.75, 3.05) is 6.61 Å². The maximum Gasteiger partial charge on any atom is 0.357 e. The average Bonchev–Trinajstić information content (AvgIpc) is 2.67. The molecule has 0 aliphatic rings. The Morgan fingerprint density at radius 1 is 1.44 bits per heavy atom. The van der Waals surface area contributed by atoms with Crippen molar-refractivity contribution in [2.24, 2.45) is 0 Å². The van der Waals surface area contributed by atoms with Crippen molar-refractivity contribution in [3.05, 3.63) is 16.1 Å². The van der Waals surface area contributed by atoms with Gasteiger partial charge in [-0.25, -0.2) is 9.78 Å². The monoisotopic (exact) mass is 316 g/mol. The first-order valence-electron chi connectivity index (χ1n) is 6.04. The minimum Gasteiger partial charge on any atom is -0.461 e. The van der Waals surface area contributed by atoms with E-state index in [4.69, 9.17) is 4.74 Å². The summed E-state index contributed by atoms with van der Waals surface area (Å²) in [6.07, 6.45) is 3.17. The number of imidazole rings is 1. The fourth-order valence-electron chi connectivity index (χ4n) is 1.55. The lowest BCUT2D eigenvalue weighted by atomic mass is 10.3. The number of halogens is 1. The first-order chi connectivity index (χ1) is 8.65. The van der Waals surface area contributed by atoms with E-state index in [1.807, 2.05) is 13.8 Å². The molecule has 1 heterocycles. The van der Waals surface area contributed by atoms with E-state index in [1.54, 1.807) is 4.57 Å². The van der Waals surface area contributed by atoms with Gasteiger partial charge in [0.25, 0.3) is 0 Å². The van der Waals surface area contributed by atoms with E-state index < -0.39 is 5.97 Å². The van der Waals surface area contributed by atoms with E-state index in [1.165, 1.54) is 0 Å². The smallest absolute Gasteiger partial charge is 0.357 e. The zero-order valence-electron chi connectivity index (χ0n) is 10.6. The number of nitrogens with zero attached hydrogens (tertiary/aromatic N) is 2. The van der Waals surface area contributed by atoms with Crippen molar-refractivity contribution in [1.82, 2.24) is 9.55 Å². The molecule has 0 aromatic carbocycles. The maximum atomic E-state index is 11.9. The maximum absolute atomic E-state index is 11.9. The van der Waals surface area contributed by atoms with E-state index in [0.29, 0.717) is 24.2 Å². The largest absolute Gasteiger partial charge is 0.461 e. The number of carbonyl (C=O) groups excluding carboxylic acids is 2. The standard InChI is InChI=1S/C12H17BrN2O3/c1-3-5-7-18-11(17)10-9(8-16)14-12(13)15(10)6-4-2/h8H,3-7H2,1-2H3. The van der Waals surface area contributed by atoms with Crippen LogP contribution < -0.4 is 0 Å². The Kier molecular flexibility index (Phi) is 6.04. The predicted molar refractivity (Wildman–Crippen MR) is 70.8 cm³/mol. The van der Waals surface area contributed by atoms with E-state index in [9.17, 15) is 9.59 Å². The summed E-state index contributed by atoms with van der Waals surface area (Å²) in [6, 6.07) is 0. The summed E-state index contributed by atoms with van der Waals surface area (Å²) in [5, 5.41) is 0. The van der Waals surface area contributed by atoms with Crippen LogP contribution in [0.3, 0.4) is 0 Å². The van der Waals surface area contributed by atoms with Crippen LogP contribution in [0.4, 0.5) is 0 Å². The molecule has 0 aliphatic carbocycles. The zero-order chi connectivity index (χ0) is 13.5. The molecule has 0 spiro atoms. The molecule has 18 heavy (non-hydrogen) atoms. The minimum atomic E-state index is -0.489. The third-order valence-corrected chi connectivity index (χ3v) is 3.04. The molecular formula is C12H17BrN2O3. The number of carbonyl (C=O) groups is 2. The summed E-state index contributed by atoms with van der Waals surface area (Å²) in [4.78, 5) is 26.9. The fourth-order valence-corrected chi connectivity index (χ4v) is 2.09. The summed E-state index contributed by atoms with van der Waals surface area (Å²) in [5.74, 6) is -0.489. The summed E-state index contributed by atoms with van der Waals surface area (Å²) in [5.41, 5.74) is 0.353. The van der Waals surface area contributed by atoms with Gasteiger partial charge in [-0.05, 0) is 28.8 Å². The van der Waals surface area contributed by atoms with E-state index in [2.05, 4.69) is 20.9 Å². The van der Waals surface area contributed by atoms with Gasteiger partial charge in [0.05, 0.1) is 6.61 Å². The summed E-state index contributed by atoms with van der Waals surface area (Å²) in [7, 11) is 0. The number of hydrogen-bond donors (Lipinski definition) is 0. The van der Waals surface area contributed by atoms with Gasteiger partial charge in [0.2, 0.25) is 0 Å². The molecule has 0 fully saturated rings. The third-order valence-electron chi connectivity index (χ3n) is 2.43. The van der Waals surface area contributed by atoms with Crippen LogP contribution in [0.2, 0.25) is 0 Å². The van der Waals surface area contributed by atoms with Crippen LogP contribution in [0.1, 0.15) is 54.1 Å². The van der Waals surface area contributed by atoms with Gasteiger partial charge in [0.15, 0.2) is 16.7 Å². The topological polar surface area (TPSA) is 61.2 Å². The summed E-state index contributed by atoms with van der Waals surface area (Å²) < 4.78 is 7.28. The highest BCUT2D eigenvalue weighted by atomic mass is 79.9. The third kappa shape index (κ3) is 3.41. The van der Waals surface area contributed by atoms with Crippen molar-refractivity contribution in [1.29, 1.82) is 0 Å².